The molecule has 0 aliphatic heterocycles. The second-order valence-corrected chi connectivity index (χ2v) is 3.89. The molecule has 0 aliphatic carbocycles. The van der Waals surface area contributed by atoms with Gasteiger partial charge in [0.15, 0.2) is 0 Å². The summed E-state index contributed by atoms with van der Waals surface area (Å²) in [5.74, 6) is 1.32. The summed E-state index contributed by atoms with van der Waals surface area (Å²) in [4.78, 5) is 12.2. The summed E-state index contributed by atoms with van der Waals surface area (Å²) in [6, 6.07) is 7.50. The van der Waals surface area contributed by atoms with Crippen LogP contribution in [0.1, 0.15) is 5.69 Å². The number of nitrogens with zero attached hydrogens (tertiary/aromatic N) is 3. The smallest absolute Gasteiger partial charge is 0.123 e. The minimum Gasteiger partial charge on any atom is -0.384 e. The molecule has 0 aliphatic rings. The Morgan fingerprint density at radius 3 is 2.93 bits per heavy atom. The Bertz CT molecular complexity index is 432. The quantitative estimate of drug-likeness (QED) is 0.628. The molecule has 2 heterocycles. The maximum absolute atomic E-state index is 5.58. The molecule has 5 heteroatoms. The molecule has 15 heavy (non-hydrogen) atoms. The molecule has 2 rings (SSSR count). The highest BCUT2D eigenvalue weighted by atomic mass is 32.2. The Morgan fingerprint density at radius 1 is 1.27 bits per heavy atom. The number of hydrogen-bond donors (Lipinski definition) is 1. The fourth-order valence-corrected chi connectivity index (χ4v) is 1.83. The molecule has 4 nitrogen and oxygen atoms in total. The minimum absolute atomic E-state index is 0.552. The van der Waals surface area contributed by atoms with Crippen molar-refractivity contribution in [3.63, 3.8) is 0 Å². The second-order valence-electron chi connectivity index (χ2n) is 2.89. The molecule has 0 aromatic carbocycles. The number of anilines is 1. The van der Waals surface area contributed by atoms with Crippen molar-refractivity contribution in [1.29, 1.82) is 0 Å². The molecular weight excluding hydrogens is 208 g/mol. The van der Waals surface area contributed by atoms with Gasteiger partial charge in [-0.25, -0.2) is 15.0 Å². The molecule has 0 saturated heterocycles. The maximum atomic E-state index is 5.58. The van der Waals surface area contributed by atoms with E-state index in [2.05, 4.69) is 15.0 Å². The highest BCUT2D eigenvalue weighted by molar-refractivity contribution is 7.98. The van der Waals surface area contributed by atoms with Crippen LogP contribution in [0.5, 0.6) is 0 Å². The Kier molecular flexibility index (Phi) is 3.14. The van der Waals surface area contributed by atoms with E-state index in [1.807, 2.05) is 18.2 Å². The predicted octanol–water partition coefficient (Wildman–Crippen LogP) is 1.75. The largest absolute Gasteiger partial charge is 0.384 e. The number of hydrogen-bond acceptors (Lipinski definition) is 5. The van der Waals surface area contributed by atoms with Gasteiger partial charge in [-0.1, -0.05) is 17.8 Å². The highest BCUT2D eigenvalue weighted by Gasteiger charge is 1.98. The lowest BCUT2D eigenvalue weighted by atomic mass is 10.4. The van der Waals surface area contributed by atoms with E-state index in [4.69, 9.17) is 5.73 Å². The van der Waals surface area contributed by atoms with Gasteiger partial charge in [0.05, 0.1) is 10.7 Å². The normalized spacial score (nSPS) is 10.1. The molecule has 0 atom stereocenters. The van der Waals surface area contributed by atoms with E-state index in [-0.39, 0.29) is 0 Å². The van der Waals surface area contributed by atoms with E-state index < -0.39 is 0 Å². The van der Waals surface area contributed by atoms with E-state index in [1.54, 1.807) is 24.0 Å². The van der Waals surface area contributed by atoms with Gasteiger partial charge in [0, 0.05) is 11.9 Å². The summed E-state index contributed by atoms with van der Waals surface area (Å²) in [7, 11) is 0. The van der Waals surface area contributed by atoms with Crippen LogP contribution in [-0.2, 0) is 5.75 Å². The topological polar surface area (TPSA) is 64.7 Å². The molecule has 0 saturated carbocycles. The molecule has 0 radical (unpaired) electrons. The van der Waals surface area contributed by atoms with Crippen LogP contribution in [0.4, 0.5) is 5.82 Å². The summed E-state index contributed by atoms with van der Waals surface area (Å²) in [5, 5.41) is 0.939. The summed E-state index contributed by atoms with van der Waals surface area (Å²) < 4.78 is 0. The monoisotopic (exact) mass is 218 g/mol. The molecule has 0 spiro atoms. The molecule has 76 valence electrons. The molecule has 2 N–H and O–H groups in total. The van der Waals surface area contributed by atoms with Crippen molar-refractivity contribution in [3.05, 3.63) is 42.5 Å². The van der Waals surface area contributed by atoms with Gasteiger partial charge in [-0.3, -0.25) is 0 Å². The zero-order valence-electron chi connectivity index (χ0n) is 8.00. The number of nitrogens with two attached hydrogens (primary N) is 1. The van der Waals surface area contributed by atoms with Gasteiger partial charge in [-0.15, -0.1) is 0 Å². The Morgan fingerprint density at radius 2 is 2.20 bits per heavy atom. The van der Waals surface area contributed by atoms with E-state index in [0.717, 1.165) is 16.5 Å². The Labute approximate surface area is 92.0 Å². The second kappa shape index (κ2) is 4.75. The van der Waals surface area contributed by atoms with Crippen molar-refractivity contribution in [1.82, 2.24) is 15.0 Å². The fraction of sp³-hybridized carbons (Fsp3) is 0.100. The third-order valence-electron chi connectivity index (χ3n) is 1.75. The summed E-state index contributed by atoms with van der Waals surface area (Å²) in [6.07, 6.45) is 3.26. The first kappa shape index (κ1) is 9.92. The number of rotatable bonds is 3. The Balaban J connectivity index is 1.99. The maximum Gasteiger partial charge on any atom is 0.123 e. The third-order valence-corrected chi connectivity index (χ3v) is 2.73. The summed E-state index contributed by atoms with van der Waals surface area (Å²) in [6.45, 7) is 0. The van der Waals surface area contributed by atoms with Crippen molar-refractivity contribution in [3.8, 4) is 0 Å². The number of pyridine rings is 1. The SMILES string of the molecule is Nc1cccc(CSc2ccncn2)n1. The van der Waals surface area contributed by atoms with E-state index in [9.17, 15) is 0 Å². The third kappa shape index (κ3) is 2.92. The van der Waals surface area contributed by atoms with Crippen LogP contribution >= 0.6 is 11.8 Å². The zero-order chi connectivity index (χ0) is 10.5. The van der Waals surface area contributed by atoms with E-state index in [0.29, 0.717) is 5.82 Å². The van der Waals surface area contributed by atoms with Gasteiger partial charge in [-0.2, -0.15) is 0 Å². The molecule has 2 aromatic rings. The first-order valence-corrected chi connectivity index (χ1v) is 5.43. The van der Waals surface area contributed by atoms with Gasteiger partial charge in [-0.05, 0) is 18.2 Å². The van der Waals surface area contributed by atoms with Crippen molar-refractivity contribution in [2.75, 3.05) is 5.73 Å². The van der Waals surface area contributed by atoms with Gasteiger partial charge in [0.2, 0.25) is 0 Å². The van der Waals surface area contributed by atoms with Crippen LogP contribution in [0.2, 0.25) is 0 Å². The molecule has 0 fully saturated rings. The highest BCUT2D eigenvalue weighted by Crippen LogP contribution is 2.18. The number of aromatic nitrogens is 3. The number of thioether (sulfide) groups is 1. The van der Waals surface area contributed by atoms with Crippen LogP contribution in [0.25, 0.3) is 0 Å². The van der Waals surface area contributed by atoms with E-state index >= 15 is 0 Å². The van der Waals surface area contributed by atoms with Crippen molar-refractivity contribution in [2.24, 2.45) is 0 Å². The molecule has 2 aromatic heterocycles. The molecule has 0 bridgehead atoms. The van der Waals surface area contributed by atoms with Crippen LogP contribution in [0, 0.1) is 0 Å². The molecular formula is C10H10N4S. The van der Waals surface area contributed by atoms with Gasteiger partial charge in [0.1, 0.15) is 12.1 Å². The van der Waals surface area contributed by atoms with Crippen molar-refractivity contribution < 1.29 is 0 Å². The summed E-state index contributed by atoms with van der Waals surface area (Å²) >= 11 is 1.61. The molecule has 0 amide bonds. The molecule has 0 unspecified atom stereocenters. The van der Waals surface area contributed by atoms with Crippen LogP contribution < -0.4 is 5.73 Å². The average molecular weight is 218 g/mol. The van der Waals surface area contributed by atoms with Crippen LogP contribution in [0.15, 0.2) is 41.8 Å². The standard InChI is InChI=1S/C10H10N4S/c11-9-3-1-2-8(14-9)6-15-10-4-5-12-7-13-10/h1-5,7H,6H2,(H2,11,14). The van der Waals surface area contributed by atoms with Crippen LogP contribution in [-0.4, -0.2) is 15.0 Å². The van der Waals surface area contributed by atoms with Crippen molar-refractivity contribution in [2.45, 2.75) is 10.8 Å². The van der Waals surface area contributed by atoms with Gasteiger partial charge in [0.25, 0.3) is 0 Å². The van der Waals surface area contributed by atoms with Crippen molar-refractivity contribution >= 4 is 17.6 Å². The van der Waals surface area contributed by atoms with E-state index in [1.165, 1.54) is 6.33 Å². The minimum atomic E-state index is 0.552. The zero-order valence-corrected chi connectivity index (χ0v) is 8.81. The lowest BCUT2D eigenvalue weighted by Crippen LogP contribution is -1.93. The lowest BCUT2D eigenvalue weighted by Gasteiger charge is -2.00. The first-order valence-electron chi connectivity index (χ1n) is 4.45. The fourth-order valence-electron chi connectivity index (χ4n) is 1.09. The van der Waals surface area contributed by atoms with Crippen LogP contribution in [0.3, 0.4) is 0 Å². The summed E-state index contributed by atoms with van der Waals surface area (Å²) in [5.41, 5.74) is 6.54. The van der Waals surface area contributed by atoms with Gasteiger partial charge < -0.3 is 5.73 Å². The average Bonchev–Trinajstić information content (AvgIpc) is 2.28. The predicted molar refractivity (Wildman–Crippen MR) is 60.2 cm³/mol. The number of nitrogen functional groups attached to an aromatic ring is 1. The lowest BCUT2D eigenvalue weighted by molar-refractivity contribution is 1.04. The van der Waals surface area contributed by atoms with Gasteiger partial charge >= 0.3 is 0 Å². The first-order chi connectivity index (χ1) is 7.34. The Hall–Kier alpha value is -1.62.